The molecule has 128 valence electrons. The van der Waals surface area contributed by atoms with Crippen LogP contribution in [0.5, 0.6) is 0 Å². The maximum Gasteiger partial charge on any atom is 0.277 e. The highest BCUT2D eigenvalue weighted by Crippen LogP contribution is 2.28. The molecular formula is C18H14Cl2N2O3. The number of imide groups is 1. The first kappa shape index (κ1) is 17.5. The third kappa shape index (κ3) is 3.85. The summed E-state index contributed by atoms with van der Waals surface area (Å²) >= 11 is 12.0. The number of nitrogens with one attached hydrogen (secondary N) is 1. The number of hydrogen-bond acceptors (Lipinski definition) is 4. The lowest BCUT2D eigenvalue weighted by Gasteiger charge is -2.13. The van der Waals surface area contributed by atoms with Gasteiger partial charge in [-0.2, -0.15) is 0 Å². The maximum atomic E-state index is 12.1. The van der Waals surface area contributed by atoms with Crippen molar-refractivity contribution < 1.29 is 14.7 Å². The number of amides is 2. The molecule has 2 aromatic carbocycles. The summed E-state index contributed by atoms with van der Waals surface area (Å²) in [5.41, 5.74) is 2.64. The molecule has 2 amide bonds. The Labute approximate surface area is 154 Å². The van der Waals surface area contributed by atoms with Gasteiger partial charge in [0.15, 0.2) is 0 Å². The zero-order chi connectivity index (χ0) is 18.0. The topological polar surface area (TPSA) is 69.6 Å². The van der Waals surface area contributed by atoms with Gasteiger partial charge >= 0.3 is 0 Å². The molecule has 0 spiro atoms. The zero-order valence-electron chi connectivity index (χ0n) is 13.0. The van der Waals surface area contributed by atoms with Crippen LogP contribution < -0.4 is 5.32 Å². The van der Waals surface area contributed by atoms with Crippen LogP contribution in [0, 0.1) is 0 Å². The summed E-state index contributed by atoms with van der Waals surface area (Å²) in [6.45, 7) is -0.288. The molecule has 0 aliphatic carbocycles. The second kappa shape index (κ2) is 7.27. The minimum atomic E-state index is -0.454. The Morgan fingerprint density at radius 2 is 1.60 bits per heavy atom. The third-order valence-electron chi connectivity index (χ3n) is 3.69. The molecule has 0 unspecified atom stereocenters. The Morgan fingerprint density at radius 1 is 0.960 bits per heavy atom. The van der Waals surface area contributed by atoms with Crippen molar-refractivity contribution in [3.05, 3.63) is 64.3 Å². The summed E-state index contributed by atoms with van der Waals surface area (Å²) in [6.07, 6.45) is 1.22. The number of carbonyl (C=O) groups is 2. The molecular weight excluding hydrogens is 363 g/mol. The number of carbonyl (C=O) groups excluding carboxylic acids is 2. The van der Waals surface area contributed by atoms with E-state index in [2.05, 4.69) is 5.32 Å². The summed E-state index contributed by atoms with van der Waals surface area (Å²) in [6, 6.07) is 12.6. The molecule has 0 atom stereocenters. The summed E-state index contributed by atoms with van der Waals surface area (Å²) < 4.78 is 0. The molecule has 7 heteroatoms. The number of β-amino-alcohol motifs (C(OH)–C–C–N with tert-alkyl or cyclic N) is 1. The van der Waals surface area contributed by atoms with E-state index in [4.69, 9.17) is 28.3 Å². The fourth-order valence-electron chi connectivity index (χ4n) is 2.53. The van der Waals surface area contributed by atoms with Crippen LogP contribution >= 0.6 is 23.2 Å². The van der Waals surface area contributed by atoms with E-state index in [0.29, 0.717) is 15.7 Å². The van der Waals surface area contributed by atoms with Crippen LogP contribution in [-0.2, 0) is 9.59 Å². The van der Waals surface area contributed by atoms with Crippen LogP contribution in [0.3, 0.4) is 0 Å². The van der Waals surface area contributed by atoms with E-state index in [9.17, 15) is 9.59 Å². The first-order chi connectivity index (χ1) is 12.0. The van der Waals surface area contributed by atoms with E-state index in [-0.39, 0.29) is 18.8 Å². The van der Waals surface area contributed by atoms with Gasteiger partial charge in [-0.1, -0.05) is 35.3 Å². The molecule has 2 aromatic rings. The van der Waals surface area contributed by atoms with E-state index in [0.717, 1.165) is 16.0 Å². The minimum Gasteiger partial charge on any atom is -0.395 e. The highest BCUT2D eigenvalue weighted by atomic mass is 35.5. The molecule has 25 heavy (non-hydrogen) atoms. The summed E-state index contributed by atoms with van der Waals surface area (Å²) in [5, 5.41) is 12.9. The highest BCUT2D eigenvalue weighted by Gasteiger charge is 2.30. The predicted octanol–water partition coefficient (Wildman–Crippen LogP) is 3.32. The third-order valence-corrected chi connectivity index (χ3v) is 4.13. The van der Waals surface area contributed by atoms with Crippen LogP contribution in [0.15, 0.2) is 54.2 Å². The SMILES string of the molecule is O=C1C=C(Nc2ccc(-c3cc(Cl)cc(Cl)c3)cc2)C(=O)N1CCO. The second-order valence-corrected chi connectivity index (χ2v) is 6.31. The van der Waals surface area contributed by atoms with E-state index in [1.54, 1.807) is 18.2 Å². The molecule has 0 saturated heterocycles. The van der Waals surface area contributed by atoms with Crippen LogP contribution in [0.4, 0.5) is 5.69 Å². The van der Waals surface area contributed by atoms with Crippen LogP contribution in [0.2, 0.25) is 10.0 Å². The number of hydrogen-bond donors (Lipinski definition) is 2. The number of aliphatic hydroxyl groups is 1. The fourth-order valence-corrected chi connectivity index (χ4v) is 3.06. The fraction of sp³-hybridized carbons (Fsp3) is 0.111. The van der Waals surface area contributed by atoms with Gasteiger partial charge in [-0.25, -0.2) is 0 Å². The van der Waals surface area contributed by atoms with Gasteiger partial charge in [0.2, 0.25) is 0 Å². The predicted molar refractivity (Wildman–Crippen MR) is 97.4 cm³/mol. The number of anilines is 1. The molecule has 5 nitrogen and oxygen atoms in total. The van der Waals surface area contributed by atoms with Gasteiger partial charge in [-0.05, 0) is 41.5 Å². The van der Waals surface area contributed by atoms with Crippen LogP contribution in [0.1, 0.15) is 0 Å². The molecule has 1 aliphatic heterocycles. The quantitative estimate of drug-likeness (QED) is 0.785. The lowest BCUT2D eigenvalue weighted by molar-refractivity contribution is -0.137. The smallest absolute Gasteiger partial charge is 0.277 e. The molecule has 1 aliphatic rings. The van der Waals surface area contributed by atoms with E-state index in [1.165, 1.54) is 6.08 Å². The standard InChI is InChI=1S/C18H14Cl2N2O3/c19-13-7-12(8-14(20)9-13)11-1-3-15(4-2-11)21-16-10-17(24)22(5-6-23)18(16)25/h1-4,7-10,21,23H,5-6H2. The second-order valence-electron chi connectivity index (χ2n) is 5.44. The van der Waals surface area contributed by atoms with Crippen LogP contribution in [-0.4, -0.2) is 35.0 Å². The summed E-state index contributed by atoms with van der Waals surface area (Å²) in [5.74, 6) is -0.892. The van der Waals surface area contributed by atoms with Gasteiger partial charge in [-0.3, -0.25) is 14.5 Å². The lowest BCUT2D eigenvalue weighted by atomic mass is 10.1. The first-order valence-electron chi connectivity index (χ1n) is 7.50. The normalized spacial score (nSPS) is 14.0. The van der Waals surface area contributed by atoms with Crippen molar-refractivity contribution in [1.29, 1.82) is 0 Å². The Balaban J connectivity index is 1.76. The zero-order valence-corrected chi connectivity index (χ0v) is 14.5. The van der Waals surface area contributed by atoms with Crippen molar-refractivity contribution >= 4 is 40.7 Å². The van der Waals surface area contributed by atoms with Gasteiger partial charge in [0.1, 0.15) is 5.70 Å². The summed E-state index contributed by atoms with van der Waals surface area (Å²) in [4.78, 5) is 24.8. The number of benzene rings is 2. The van der Waals surface area contributed by atoms with E-state index < -0.39 is 11.8 Å². The molecule has 0 radical (unpaired) electrons. The Hall–Kier alpha value is -2.34. The van der Waals surface area contributed by atoms with E-state index in [1.807, 2.05) is 24.3 Å². The molecule has 1 heterocycles. The molecule has 2 N–H and O–H groups in total. The number of nitrogens with zero attached hydrogens (tertiary/aromatic N) is 1. The Kier molecular flexibility index (Phi) is 5.08. The average Bonchev–Trinajstić information content (AvgIpc) is 2.82. The number of aliphatic hydroxyl groups excluding tert-OH is 1. The molecule has 0 bridgehead atoms. The van der Waals surface area contributed by atoms with Gasteiger partial charge in [0.05, 0.1) is 13.2 Å². The molecule has 3 rings (SSSR count). The Bertz CT molecular complexity index is 843. The van der Waals surface area contributed by atoms with Gasteiger partial charge in [0, 0.05) is 21.8 Å². The molecule has 0 aromatic heterocycles. The largest absolute Gasteiger partial charge is 0.395 e. The van der Waals surface area contributed by atoms with Crippen molar-refractivity contribution in [3.8, 4) is 11.1 Å². The highest BCUT2D eigenvalue weighted by molar-refractivity contribution is 6.35. The first-order valence-corrected chi connectivity index (χ1v) is 8.25. The van der Waals surface area contributed by atoms with Crippen molar-refractivity contribution in [1.82, 2.24) is 4.90 Å². The minimum absolute atomic E-state index is 0.0200. The number of halogens is 2. The molecule has 0 fully saturated rings. The molecule has 0 saturated carbocycles. The number of rotatable bonds is 5. The van der Waals surface area contributed by atoms with Crippen molar-refractivity contribution in [2.24, 2.45) is 0 Å². The Morgan fingerprint density at radius 3 is 2.20 bits per heavy atom. The van der Waals surface area contributed by atoms with Crippen molar-refractivity contribution in [3.63, 3.8) is 0 Å². The van der Waals surface area contributed by atoms with E-state index >= 15 is 0 Å². The maximum absolute atomic E-state index is 12.1. The van der Waals surface area contributed by atoms with Gasteiger partial charge in [0.25, 0.3) is 11.8 Å². The van der Waals surface area contributed by atoms with Gasteiger partial charge in [-0.15, -0.1) is 0 Å². The average molecular weight is 377 g/mol. The van der Waals surface area contributed by atoms with Crippen molar-refractivity contribution in [2.75, 3.05) is 18.5 Å². The van der Waals surface area contributed by atoms with Crippen LogP contribution in [0.25, 0.3) is 11.1 Å². The monoisotopic (exact) mass is 376 g/mol. The van der Waals surface area contributed by atoms with Crippen molar-refractivity contribution in [2.45, 2.75) is 0 Å². The van der Waals surface area contributed by atoms with Gasteiger partial charge < -0.3 is 10.4 Å². The summed E-state index contributed by atoms with van der Waals surface area (Å²) in [7, 11) is 0. The lowest BCUT2D eigenvalue weighted by Crippen LogP contribution is -2.34.